The molecule has 2 aliphatic carbocycles. The standard InChI is InChI=1S/C16H25N5/c17-14-3-4-21(10-14)15-7-16(20-19-9-15)18-8-13-6-11-1-2-12(13)5-11/h7,9,11-14H,1-6,8,10,17H2,(H,18,20)/t11?,12?,13?,14-/m1/s1. The molecule has 0 radical (unpaired) electrons. The topological polar surface area (TPSA) is 67.1 Å². The van der Waals surface area contributed by atoms with Crippen molar-refractivity contribution in [3.8, 4) is 0 Å². The van der Waals surface area contributed by atoms with E-state index in [2.05, 4.69) is 26.5 Å². The zero-order valence-electron chi connectivity index (χ0n) is 12.5. The summed E-state index contributed by atoms with van der Waals surface area (Å²) in [6, 6.07) is 2.42. The normalized spacial score (nSPS) is 34.6. The molecule has 114 valence electrons. The number of fused-ring (bicyclic) bond motifs is 2. The molecule has 0 aromatic carbocycles. The number of hydrogen-bond acceptors (Lipinski definition) is 5. The summed E-state index contributed by atoms with van der Waals surface area (Å²) in [6.07, 6.45) is 8.69. The van der Waals surface area contributed by atoms with E-state index >= 15 is 0 Å². The van der Waals surface area contributed by atoms with Crippen LogP contribution >= 0.6 is 0 Å². The van der Waals surface area contributed by atoms with Crippen molar-refractivity contribution in [1.82, 2.24) is 10.2 Å². The molecule has 1 aliphatic heterocycles. The molecule has 1 aromatic rings. The predicted octanol–water partition coefficient (Wildman–Crippen LogP) is 1.86. The van der Waals surface area contributed by atoms with Gasteiger partial charge < -0.3 is 16.0 Å². The molecule has 0 spiro atoms. The number of hydrogen-bond donors (Lipinski definition) is 2. The van der Waals surface area contributed by atoms with E-state index in [4.69, 9.17) is 5.73 Å². The quantitative estimate of drug-likeness (QED) is 0.885. The zero-order chi connectivity index (χ0) is 14.2. The van der Waals surface area contributed by atoms with Crippen molar-refractivity contribution in [3.63, 3.8) is 0 Å². The largest absolute Gasteiger partial charge is 0.369 e. The SMILES string of the molecule is N[C@@H]1CCN(c2cnnc(NCC3CC4CCC3C4)c2)C1. The van der Waals surface area contributed by atoms with Crippen LogP contribution in [0.2, 0.25) is 0 Å². The van der Waals surface area contributed by atoms with E-state index in [1.54, 1.807) is 0 Å². The van der Waals surface area contributed by atoms with Crippen LogP contribution in [0.3, 0.4) is 0 Å². The van der Waals surface area contributed by atoms with E-state index in [9.17, 15) is 0 Å². The number of nitrogens with one attached hydrogen (secondary N) is 1. The maximum atomic E-state index is 5.98. The van der Waals surface area contributed by atoms with Gasteiger partial charge >= 0.3 is 0 Å². The first-order chi connectivity index (χ1) is 10.3. The molecule has 3 N–H and O–H groups in total. The van der Waals surface area contributed by atoms with Crippen LogP contribution in [-0.4, -0.2) is 35.9 Å². The van der Waals surface area contributed by atoms with Gasteiger partial charge in [0.15, 0.2) is 5.82 Å². The molecule has 3 aliphatic rings. The Hall–Kier alpha value is -1.36. The smallest absolute Gasteiger partial charge is 0.150 e. The lowest BCUT2D eigenvalue weighted by Crippen LogP contribution is -2.26. The van der Waals surface area contributed by atoms with Gasteiger partial charge in [0.1, 0.15) is 0 Å². The van der Waals surface area contributed by atoms with Gasteiger partial charge in [0.05, 0.1) is 11.9 Å². The molecule has 1 saturated heterocycles. The van der Waals surface area contributed by atoms with Gasteiger partial charge in [0.2, 0.25) is 0 Å². The highest BCUT2D eigenvalue weighted by atomic mass is 15.2. The van der Waals surface area contributed by atoms with Crippen LogP contribution < -0.4 is 16.0 Å². The van der Waals surface area contributed by atoms with Crippen molar-refractivity contribution in [2.45, 2.75) is 38.1 Å². The lowest BCUT2D eigenvalue weighted by Gasteiger charge is -2.22. The highest BCUT2D eigenvalue weighted by Crippen LogP contribution is 2.48. The molecule has 3 unspecified atom stereocenters. The van der Waals surface area contributed by atoms with Crippen molar-refractivity contribution in [3.05, 3.63) is 12.3 Å². The molecule has 2 saturated carbocycles. The van der Waals surface area contributed by atoms with Crippen molar-refractivity contribution < 1.29 is 0 Å². The van der Waals surface area contributed by atoms with Crippen LogP contribution in [0.5, 0.6) is 0 Å². The number of anilines is 2. The Labute approximate surface area is 126 Å². The van der Waals surface area contributed by atoms with E-state index in [1.165, 1.54) is 25.7 Å². The Kier molecular flexibility index (Phi) is 3.45. The lowest BCUT2D eigenvalue weighted by molar-refractivity contribution is 0.348. The molecular formula is C16H25N5. The van der Waals surface area contributed by atoms with E-state index in [0.29, 0.717) is 6.04 Å². The molecule has 4 rings (SSSR count). The Morgan fingerprint density at radius 1 is 1.29 bits per heavy atom. The minimum absolute atomic E-state index is 0.295. The third-order valence-corrected chi connectivity index (χ3v) is 5.66. The van der Waals surface area contributed by atoms with Crippen LogP contribution in [0.25, 0.3) is 0 Å². The van der Waals surface area contributed by atoms with Gasteiger partial charge in [-0.2, -0.15) is 5.10 Å². The first-order valence-electron chi connectivity index (χ1n) is 8.35. The summed E-state index contributed by atoms with van der Waals surface area (Å²) in [5.41, 5.74) is 7.13. The summed E-state index contributed by atoms with van der Waals surface area (Å²) in [5, 5.41) is 11.9. The zero-order valence-corrected chi connectivity index (χ0v) is 12.5. The van der Waals surface area contributed by atoms with Crippen LogP contribution in [0.1, 0.15) is 32.1 Å². The molecule has 5 nitrogen and oxygen atoms in total. The van der Waals surface area contributed by atoms with Crippen molar-refractivity contribution in [1.29, 1.82) is 0 Å². The van der Waals surface area contributed by atoms with Gasteiger partial charge in [-0.15, -0.1) is 5.10 Å². The fourth-order valence-electron chi connectivity index (χ4n) is 4.50. The average Bonchev–Trinajstić information content (AvgIpc) is 3.21. The summed E-state index contributed by atoms with van der Waals surface area (Å²) in [5.74, 6) is 3.71. The molecule has 21 heavy (non-hydrogen) atoms. The van der Waals surface area contributed by atoms with Crippen LogP contribution in [0.15, 0.2) is 12.3 Å². The Balaban J connectivity index is 1.37. The molecule has 2 bridgehead atoms. The van der Waals surface area contributed by atoms with E-state index in [-0.39, 0.29) is 0 Å². The Morgan fingerprint density at radius 2 is 2.24 bits per heavy atom. The Morgan fingerprint density at radius 3 is 2.95 bits per heavy atom. The second kappa shape index (κ2) is 5.44. The van der Waals surface area contributed by atoms with Gasteiger partial charge in [-0.05, 0) is 43.4 Å². The molecular weight excluding hydrogens is 262 g/mol. The maximum Gasteiger partial charge on any atom is 0.150 e. The second-order valence-electron chi connectivity index (χ2n) is 7.11. The monoisotopic (exact) mass is 287 g/mol. The minimum Gasteiger partial charge on any atom is -0.369 e. The molecule has 2 heterocycles. The molecule has 4 atom stereocenters. The highest BCUT2D eigenvalue weighted by molar-refractivity contribution is 5.52. The number of aromatic nitrogens is 2. The van der Waals surface area contributed by atoms with Crippen LogP contribution in [0.4, 0.5) is 11.5 Å². The molecule has 3 fully saturated rings. The van der Waals surface area contributed by atoms with Crippen molar-refractivity contribution >= 4 is 11.5 Å². The second-order valence-corrected chi connectivity index (χ2v) is 7.11. The minimum atomic E-state index is 0.295. The number of nitrogens with two attached hydrogens (primary N) is 1. The van der Waals surface area contributed by atoms with Crippen LogP contribution in [-0.2, 0) is 0 Å². The number of nitrogens with zero attached hydrogens (tertiary/aromatic N) is 3. The van der Waals surface area contributed by atoms with Gasteiger partial charge in [-0.25, -0.2) is 0 Å². The average molecular weight is 287 g/mol. The van der Waals surface area contributed by atoms with Crippen molar-refractivity contribution in [2.24, 2.45) is 23.5 Å². The van der Waals surface area contributed by atoms with Gasteiger partial charge in [-0.3, -0.25) is 0 Å². The summed E-state index contributed by atoms with van der Waals surface area (Å²) in [6.45, 7) is 3.01. The van der Waals surface area contributed by atoms with Gasteiger partial charge in [0, 0.05) is 31.7 Å². The highest BCUT2D eigenvalue weighted by Gasteiger charge is 2.39. The van der Waals surface area contributed by atoms with E-state index in [1.807, 2.05) is 6.20 Å². The first-order valence-corrected chi connectivity index (χ1v) is 8.35. The van der Waals surface area contributed by atoms with Gasteiger partial charge in [0.25, 0.3) is 0 Å². The first kappa shape index (κ1) is 13.3. The van der Waals surface area contributed by atoms with Crippen molar-refractivity contribution in [2.75, 3.05) is 29.9 Å². The van der Waals surface area contributed by atoms with Crippen LogP contribution in [0, 0.1) is 17.8 Å². The molecule has 1 aromatic heterocycles. The molecule has 0 amide bonds. The fourth-order valence-corrected chi connectivity index (χ4v) is 4.50. The Bertz CT molecular complexity index is 505. The fraction of sp³-hybridized carbons (Fsp3) is 0.750. The predicted molar refractivity (Wildman–Crippen MR) is 84.3 cm³/mol. The third kappa shape index (κ3) is 2.71. The summed E-state index contributed by atoms with van der Waals surface area (Å²) in [7, 11) is 0. The summed E-state index contributed by atoms with van der Waals surface area (Å²) >= 11 is 0. The maximum absolute atomic E-state index is 5.98. The van der Waals surface area contributed by atoms with Gasteiger partial charge in [-0.1, -0.05) is 6.42 Å². The lowest BCUT2D eigenvalue weighted by atomic mass is 9.89. The number of rotatable bonds is 4. The summed E-state index contributed by atoms with van der Waals surface area (Å²) in [4.78, 5) is 2.31. The van der Waals surface area contributed by atoms with E-state index in [0.717, 1.165) is 55.3 Å². The van der Waals surface area contributed by atoms with E-state index < -0.39 is 0 Å². The summed E-state index contributed by atoms with van der Waals surface area (Å²) < 4.78 is 0. The molecule has 5 heteroatoms. The third-order valence-electron chi connectivity index (χ3n) is 5.66.